The molecule has 0 aliphatic carbocycles. The highest BCUT2D eigenvalue weighted by atomic mass is 16.5. The number of carboxylic acids is 2. The molecule has 5 aliphatic heterocycles. The topological polar surface area (TPSA) is 384 Å². The van der Waals surface area contributed by atoms with E-state index in [2.05, 4.69) is 47.9 Å². The summed E-state index contributed by atoms with van der Waals surface area (Å²) >= 11 is 0. The van der Waals surface area contributed by atoms with Gasteiger partial charge in [0.2, 0.25) is 47.3 Å². The van der Waals surface area contributed by atoms with Crippen molar-refractivity contribution < 1.29 is 72.7 Å². The second-order valence-corrected chi connectivity index (χ2v) is 18.8. The number of benzene rings is 2. The number of hydrogen-bond donors (Lipinski definition) is 13. The van der Waals surface area contributed by atoms with Crippen LogP contribution in [0.5, 0.6) is 11.5 Å². The van der Waals surface area contributed by atoms with Crippen LogP contribution in [0.2, 0.25) is 0 Å². The van der Waals surface area contributed by atoms with Gasteiger partial charge < -0.3 is 78.4 Å². The van der Waals surface area contributed by atoms with Crippen molar-refractivity contribution in [1.82, 2.24) is 42.5 Å². The lowest BCUT2D eigenvalue weighted by Gasteiger charge is -2.36. The predicted octanol–water partition coefficient (Wildman–Crippen LogP) is -3.23. The molecule has 14 N–H and O–H groups in total. The first-order chi connectivity index (χ1) is 33.5. The Bertz CT molecular complexity index is 2560. The first-order valence-corrected chi connectivity index (χ1v) is 23.2. The van der Waals surface area contributed by atoms with E-state index >= 15 is 0 Å². The number of hydrogen-bond acceptors (Lipinski definition) is 15. The summed E-state index contributed by atoms with van der Waals surface area (Å²) in [5.74, 6) is -9.94. The third-order valence-corrected chi connectivity index (χ3v) is 13.6. The molecule has 382 valence electrons. The van der Waals surface area contributed by atoms with E-state index in [0.717, 1.165) is 0 Å². The van der Waals surface area contributed by atoms with E-state index in [1.54, 1.807) is 38.1 Å². The number of fused-ring (bicyclic) bond motifs is 4. The quantitative estimate of drug-likeness (QED) is 0.130. The highest BCUT2D eigenvalue weighted by molar-refractivity contribution is 5.97. The molecule has 0 saturated carbocycles. The van der Waals surface area contributed by atoms with E-state index in [9.17, 15) is 63.3 Å². The molecule has 0 unspecified atom stereocenters. The van der Waals surface area contributed by atoms with E-state index in [1.807, 2.05) is 0 Å². The van der Waals surface area contributed by atoms with E-state index in [-0.39, 0.29) is 54.9 Å². The largest absolute Gasteiger partial charge is 0.483 e. The Morgan fingerprint density at radius 1 is 0.845 bits per heavy atom. The highest BCUT2D eigenvalue weighted by Crippen LogP contribution is 2.60. The molecule has 2 aromatic rings. The maximum atomic E-state index is 14.5. The monoisotopic (exact) mass is 990 g/mol. The Hall–Kier alpha value is -7.54. The molecule has 5 heterocycles. The van der Waals surface area contributed by atoms with Gasteiger partial charge in [-0.15, -0.1) is 0 Å². The molecule has 0 aromatic heterocycles. The summed E-state index contributed by atoms with van der Waals surface area (Å²) < 4.78 is 13.5. The number of ether oxygens (including phenoxy) is 2. The zero-order valence-corrected chi connectivity index (χ0v) is 39.3. The lowest BCUT2D eigenvalue weighted by Crippen LogP contribution is -2.59. The maximum Gasteiger partial charge on any atom is 0.330 e. The second kappa shape index (κ2) is 20.4. The van der Waals surface area contributed by atoms with Crippen molar-refractivity contribution in [2.24, 2.45) is 11.7 Å². The number of rotatable bonds is 7. The molecule has 0 fully saturated rings. The molecule has 25 nitrogen and oxygen atoms in total. The van der Waals surface area contributed by atoms with E-state index < -0.39 is 151 Å². The zero-order chi connectivity index (χ0) is 51.7. The molecule has 11 atom stereocenters. The van der Waals surface area contributed by atoms with Gasteiger partial charge >= 0.3 is 11.9 Å². The van der Waals surface area contributed by atoms with Crippen molar-refractivity contribution in [3.63, 3.8) is 0 Å². The first kappa shape index (κ1) is 51.3. The van der Waals surface area contributed by atoms with Crippen LogP contribution in [0.4, 0.5) is 5.69 Å². The number of nitrogens with one attached hydrogen (secondary N) is 9. The normalized spacial score (nSPS) is 30.5. The van der Waals surface area contributed by atoms with Gasteiger partial charge in [0.1, 0.15) is 47.4 Å². The number of nitrogens with two attached hydrogens (primary N) is 1. The zero-order valence-electron chi connectivity index (χ0n) is 39.3. The number of anilines is 1. The van der Waals surface area contributed by atoms with Crippen LogP contribution in [0.25, 0.3) is 0 Å². The summed E-state index contributed by atoms with van der Waals surface area (Å²) in [6.07, 6.45) is -4.05. The number of carbonyl (C=O) groups is 10. The third-order valence-electron chi connectivity index (χ3n) is 13.6. The van der Waals surface area contributed by atoms with Crippen LogP contribution in [-0.4, -0.2) is 142 Å². The minimum atomic E-state index is -1.89. The first-order valence-electron chi connectivity index (χ1n) is 23.2. The van der Waals surface area contributed by atoms with Crippen LogP contribution in [0.15, 0.2) is 30.3 Å². The van der Waals surface area contributed by atoms with Gasteiger partial charge in [0, 0.05) is 12.0 Å². The lowest BCUT2D eigenvalue weighted by molar-refractivity contribution is -0.148. The molecule has 71 heavy (non-hydrogen) atoms. The smallest absolute Gasteiger partial charge is 0.330 e. The fraction of sp³-hybridized carbons (Fsp3) is 0.522. The van der Waals surface area contributed by atoms with Crippen molar-refractivity contribution in [2.75, 3.05) is 25.0 Å². The molecule has 5 aliphatic rings. The Kier molecular flexibility index (Phi) is 14.8. The molecular weight excluding hydrogens is 933 g/mol. The molecule has 9 bridgehead atoms. The Morgan fingerprint density at radius 3 is 2.24 bits per heavy atom. The van der Waals surface area contributed by atoms with Crippen molar-refractivity contribution >= 4 is 64.9 Å². The summed E-state index contributed by atoms with van der Waals surface area (Å²) in [4.78, 5) is 134. The molecule has 25 heteroatoms. The Labute approximate surface area is 405 Å². The van der Waals surface area contributed by atoms with Crippen molar-refractivity contribution in [3.8, 4) is 11.5 Å². The van der Waals surface area contributed by atoms with Gasteiger partial charge in [-0.1, -0.05) is 26.0 Å². The van der Waals surface area contributed by atoms with Crippen LogP contribution in [-0.2, 0) is 59.8 Å². The number of amides is 8. The average Bonchev–Trinajstić information content (AvgIpc) is 3.80. The summed E-state index contributed by atoms with van der Waals surface area (Å²) in [6.45, 7) is 4.10. The van der Waals surface area contributed by atoms with Gasteiger partial charge in [0.25, 0.3) is 0 Å². The molecular formula is C46H58N10O15. The van der Waals surface area contributed by atoms with E-state index in [1.165, 1.54) is 19.9 Å². The molecule has 2 aromatic carbocycles. The maximum absolute atomic E-state index is 14.5. The number of aliphatic carboxylic acids is 2. The van der Waals surface area contributed by atoms with E-state index in [0.29, 0.717) is 16.7 Å². The number of carbonyl (C=O) groups excluding carboxylic acids is 8. The Morgan fingerprint density at radius 2 is 1.54 bits per heavy atom. The number of carboxylic acid groups (broad SMARTS) is 2. The Balaban J connectivity index is 1.45. The second-order valence-electron chi connectivity index (χ2n) is 18.8. The van der Waals surface area contributed by atoms with Crippen LogP contribution >= 0.6 is 0 Å². The number of aliphatic hydroxyl groups is 1. The summed E-state index contributed by atoms with van der Waals surface area (Å²) in [5, 5.41) is 55.3. The fourth-order valence-corrected chi connectivity index (χ4v) is 9.69. The molecule has 8 amide bonds. The highest BCUT2D eigenvalue weighted by Gasteiger charge is 2.59. The van der Waals surface area contributed by atoms with Crippen LogP contribution in [0, 0.1) is 5.92 Å². The van der Waals surface area contributed by atoms with Crippen LogP contribution < -0.4 is 63.1 Å². The number of para-hydroxylation sites is 1. The van der Waals surface area contributed by atoms with Gasteiger partial charge in [-0.3, -0.25) is 43.2 Å². The van der Waals surface area contributed by atoms with Gasteiger partial charge in [-0.2, -0.15) is 0 Å². The van der Waals surface area contributed by atoms with Gasteiger partial charge in [-0.05, 0) is 86.8 Å². The van der Waals surface area contributed by atoms with Crippen molar-refractivity contribution in [2.45, 2.75) is 126 Å². The van der Waals surface area contributed by atoms with E-state index in [4.69, 9.17) is 15.2 Å². The molecule has 0 saturated heterocycles. The SMILES string of the molecule is CC[C@@]1(C)Oc2cccc3c2N[C@@H]2Oc4c5cc6cc4[C@]32C[C@H](NC(=O)[C@H](C)NC(=O)CNC(=O)[C@@H](NC(=O)[C@@H](NC(=O)[C@@H](N)CCC(=O)O)C[C@@H](C)C5)[C@@H]6O)C(=O)NCC(=O)NCC(=O)N[C@@H]1C(=O)O. The molecule has 1 spiro atoms. The van der Waals surface area contributed by atoms with Gasteiger partial charge in [0.05, 0.1) is 36.8 Å². The number of aliphatic hydroxyl groups excluding tert-OH is 1. The summed E-state index contributed by atoms with van der Waals surface area (Å²) in [7, 11) is 0. The van der Waals surface area contributed by atoms with Gasteiger partial charge in [0.15, 0.2) is 12.3 Å². The lowest BCUT2D eigenvalue weighted by atomic mass is 9.70. The van der Waals surface area contributed by atoms with Crippen molar-refractivity contribution in [3.05, 3.63) is 52.6 Å². The third kappa shape index (κ3) is 10.5. The standard InChI is InChI=1S/C46H58N10O15/c1-5-45(4)37(43(68)69)54-31(59)17-48-29(57)16-49-40(65)27-15-46-23-7-6-8-28(71-45)33(23)56-44(46)70-36-22-11-19(2)12-26(52-39(64)25(47)9-10-32(60)61)41(66)55-34(35(62)21(13-22)14-24(36)46)42(67)50-18-30(58)51-20(3)38(63)53-27/h6-8,13-14,19-20,25-27,34-35,37,44,56,62H,5,9-12,15-18,47H2,1-4H3,(H,48,57)(H,49,65)(H,50,67)(H,51,58)(H,52,64)(H,53,63)(H,54,59)(H,55,66)(H,60,61)(H,68,69)/t19-,20-,25-,26-,27-,34-,35+,37+,44+,45+,46-/m0/s1. The van der Waals surface area contributed by atoms with Crippen LogP contribution in [0.1, 0.15) is 88.2 Å². The fourth-order valence-electron chi connectivity index (χ4n) is 9.69. The minimum Gasteiger partial charge on any atom is -0.483 e. The van der Waals surface area contributed by atoms with Gasteiger partial charge in [-0.25, -0.2) is 4.79 Å². The molecule has 7 rings (SSSR count). The van der Waals surface area contributed by atoms with Crippen LogP contribution in [0.3, 0.4) is 0 Å². The average molecular weight is 991 g/mol. The molecule has 0 radical (unpaired) electrons. The summed E-state index contributed by atoms with van der Waals surface area (Å²) in [6, 6.07) is -1.14. The van der Waals surface area contributed by atoms with Crippen molar-refractivity contribution in [1.29, 1.82) is 0 Å². The minimum absolute atomic E-state index is 0.0333. The predicted molar refractivity (Wildman–Crippen MR) is 245 cm³/mol. The summed E-state index contributed by atoms with van der Waals surface area (Å²) in [5.41, 5.74) is 4.28.